The molecule has 0 saturated carbocycles. The highest BCUT2D eigenvalue weighted by molar-refractivity contribution is 6.29. The lowest BCUT2D eigenvalue weighted by atomic mass is 9.89. The molecule has 3 heteroatoms. The number of carbonyl (C=O) groups is 1. The van der Waals surface area contributed by atoms with Crippen LogP contribution in [-0.2, 0) is 4.79 Å². The quantitative estimate of drug-likeness (QED) is 0.747. The number of carboxylic acid groups (broad SMARTS) is 1. The molecule has 0 amide bonds. The second kappa shape index (κ2) is 6.03. The Balaban J connectivity index is 4.27. The maximum Gasteiger partial charge on any atom is 0.307 e. The molecular weight excluding hydrogens is 188 g/mol. The summed E-state index contributed by atoms with van der Waals surface area (Å²) in [5.74, 6) is -0.841. The van der Waals surface area contributed by atoms with Crippen molar-refractivity contribution in [2.45, 2.75) is 33.6 Å². The van der Waals surface area contributed by atoms with Gasteiger partial charge in [-0.25, -0.2) is 0 Å². The fraction of sp³-hybridized carbons (Fsp3) is 0.700. The number of hydrogen-bond acceptors (Lipinski definition) is 1. The Morgan fingerprint density at radius 3 is 2.46 bits per heavy atom. The van der Waals surface area contributed by atoms with E-state index in [0.29, 0.717) is 11.5 Å². The Morgan fingerprint density at radius 2 is 2.15 bits per heavy atom. The lowest BCUT2D eigenvalue weighted by Crippen LogP contribution is -2.20. The highest BCUT2D eigenvalue weighted by Crippen LogP contribution is 2.20. The SMILES string of the molecule is CCC(C)C(CC=C(C)Cl)C(=O)O. The first-order chi connectivity index (χ1) is 5.99. The molecule has 1 N–H and O–H groups in total. The Hall–Kier alpha value is -0.500. The van der Waals surface area contributed by atoms with E-state index < -0.39 is 5.97 Å². The van der Waals surface area contributed by atoms with Crippen LogP contribution in [-0.4, -0.2) is 11.1 Å². The standard InChI is InChI=1S/C10H17ClO2/c1-4-7(2)9(10(12)13)6-5-8(3)11/h5,7,9H,4,6H2,1-3H3,(H,12,13). The van der Waals surface area contributed by atoms with E-state index in [9.17, 15) is 4.79 Å². The second-order valence-corrected chi connectivity index (χ2v) is 3.95. The lowest BCUT2D eigenvalue weighted by molar-refractivity contribution is -0.143. The molecule has 13 heavy (non-hydrogen) atoms. The van der Waals surface area contributed by atoms with Gasteiger partial charge in [-0.05, 0) is 19.3 Å². The van der Waals surface area contributed by atoms with Gasteiger partial charge in [0.15, 0.2) is 0 Å². The maximum absolute atomic E-state index is 10.8. The van der Waals surface area contributed by atoms with Crippen molar-refractivity contribution in [3.63, 3.8) is 0 Å². The molecule has 0 aromatic carbocycles. The number of carboxylic acids is 1. The number of allylic oxidation sites excluding steroid dienone is 2. The molecule has 0 rings (SSSR count). The van der Waals surface area contributed by atoms with Crippen molar-refractivity contribution in [3.05, 3.63) is 11.1 Å². The lowest BCUT2D eigenvalue weighted by Gasteiger charge is -2.16. The molecule has 2 atom stereocenters. The van der Waals surface area contributed by atoms with Crippen LogP contribution in [0.4, 0.5) is 0 Å². The summed E-state index contributed by atoms with van der Waals surface area (Å²) in [5.41, 5.74) is 0. The van der Waals surface area contributed by atoms with Crippen LogP contribution in [0.2, 0.25) is 0 Å². The maximum atomic E-state index is 10.8. The van der Waals surface area contributed by atoms with E-state index in [2.05, 4.69) is 0 Å². The molecule has 76 valence electrons. The predicted molar refractivity (Wildman–Crippen MR) is 54.8 cm³/mol. The summed E-state index contributed by atoms with van der Waals surface area (Å²) < 4.78 is 0. The van der Waals surface area contributed by atoms with Gasteiger partial charge in [-0.2, -0.15) is 0 Å². The Bertz CT molecular complexity index is 195. The highest BCUT2D eigenvalue weighted by Gasteiger charge is 2.21. The van der Waals surface area contributed by atoms with E-state index >= 15 is 0 Å². The van der Waals surface area contributed by atoms with Crippen LogP contribution in [0.25, 0.3) is 0 Å². The zero-order valence-electron chi connectivity index (χ0n) is 8.38. The third-order valence-electron chi connectivity index (χ3n) is 2.30. The van der Waals surface area contributed by atoms with Gasteiger partial charge in [-0.15, -0.1) is 0 Å². The van der Waals surface area contributed by atoms with Crippen molar-refractivity contribution in [1.82, 2.24) is 0 Å². The van der Waals surface area contributed by atoms with Crippen LogP contribution in [0.1, 0.15) is 33.6 Å². The van der Waals surface area contributed by atoms with Crippen molar-refractivity contribution >= 4 is 17.6 Å². The minimum absolute atomic E-state index is 0.199. The van der Waals surface area contributed by atoms with Crippen molar-refractivity contribution < 1.29 is 9.90 Å². The van der Waals surface area contributed by atoms with Crippen molar-refractivity contribution in [1.29, 1.82) is 0 Å². The number of rotatable bonds is 5. The van der Waals surface area contributed by atoms with Crippen LogP contribution in [0.15, 0.2) is 11.1 Å². The number of hydrogen-bond donors (Lipinski definition) is 1. The first kappa shape index (κ1) is 12.5. The zero-order valence-corrected chi connectivity index (χ0v) is 9.14. The molecule has 0 saturated heterocycles. The topological polar surface area (TPSA) is 37.3 Å². The van der Waals surface area contributed by atoms with Gasteiger partial charge in [0.05, 0.1) is 5.92 Å². The molecule has 2 nitrogen and oxygen atoms in total. The summed E-state index contributed by atoms with van der Waals surface area (Å²) in [6.45, 7) is 5.71. The van der Waals surface area contributed by atoms with Crippen LogP contribution < -0.4 is 0 Å². The summed E-state index contributed by atoms with van der Waals surface area (Å²) in [5, 5.41) is 9.58. The molecule has 0 aromatic heterocycles. The Morgan fingerprint density at radius 1 is 1.62 bits per heavy atom. The van der Waals surface area contributed by atoms with Crippen LogP contribution in [0, 0.1) is 11.8 Å². The molecule has 0 aliphatic carbocycles. The van der Waals surface area contributed by atoms with E-state index in [-0.39, 0.29) is 11.8 Å². The highest BCUT2D eigenvalue weighted by atomic mass is 35.5. The van der Waals surface area contributed by atoms with Gasteiger partial charge in [0.1, 0.15) is 0 Å². The summed E-state index contributed by atoms with van der Waals surface area (Å²) >= 11 is 5.64. The molecule has 0 aliphatic heterocycles. The molecule has 0 radical (unpaired) electrons. The van der Waals surface area contributed by atoms with Gasteiger partial charge in [-0.3, -0.25) is 4.79 Å². The molecule has 0 aliphatic rings. The summed E-state index contributed by atoms with van der Waals surface area (Å²) in [7, 11) is 0. The third kappa shape index (κ3) is 4.94. The van der Waals surface area contributed by atoms with E-state index in [4.69, 9.17) is 16.7 Å². The average Bonchev–Trinajstić information content (AvgIpc) is 2.03. The number of halogens is 1. The molecule has 0 spiro atoms. The smallest absolute Gasteiger partial charge is 0.307 e. The van der Waals surface area contributed by atoms with E-state index in [1.54, 1.807) is 13.0 Å². The minimum atomic E-state index is -0.733. The fourth-order valence-corrected chi connectivity index (χ4v) is 1.24. The van der Waals surface area contributed by atoms with Gasteiger partial charge in [0.2, 0.25) is 0 Å². The molecular formula is C10H17ClO2. The third-order valence-corrected chi connectivity index (χ3v) is 2.46. The zero-order chi connectivity index (χ0) is 10.4. The Labute approximate surface area is 84.6 Å². The van der Waals surface area contributed by atoms with Crippen LogP contribution >= 0.6 is 11.6 Å². The predicted octanol–water partition coefficient (Wildman–Crippen LogP) is 3.27. The first-order valence-corrected chi connectivity index (χ1v) is 4.91. The molecule has 0 fully saturated rings. The van der Waals surface area contributed by atoms with Gasteiger partial charge in [-0.1, -0.05) is 37.9 Å². The summed E-state index contributed by atoms with van der Waals surface area (Å²) in [4.78, 5) is 10.8. The van der Waals surface area contributed by atoms with Gasteiger partial charge < -0.3 is 5.11 Å². The van der Waals surface area contributed by atoms with Crippen LogP contribution in [0.5, 0.6) is 0 Å². The second-order valence-electron chi connectivity index (χ2n) is 3.36. The molecule has 0 aromatic rings. The fourth-order valence-electron chi connectivity index (χ4n) is 1.15. The largest absolute Gasteiger partial charge is 0.481 e. The Kier molecular flexibility index (Phi) is 5.80. The van der Waals surface area contributed by atoms with Gasteiger partial charge in [0.25, 0.3) is 0 Å². The average molecular weight is 205 g/mol. The van der Waals surface area contributed by atoms with E-state index in [1.165, 1.54) is 0 Å². The molecule has 2 unspecified atom stereocenters. The van der Waals surface area contributed by atoms with Crippen LogP contribution in [0.3, 0.4) is 0 Å². The summed E-state index contributed by atoms with van der Waals surface area (Å²) in [6, 6.07) is 0. The minimum Gasteiger partial charge on any atom is -0.481 e. The first-order valence-electron chi connectivity index (χ1n) is 4.54. The normalized spacial score (nSPS) is 16.8. The van der Waals surface area contributed by atoms with Gasteiger partial charge in [0, 0.05) is 5.03 Å². The van der Waals surface area contributed by atoms with Crippen molar-refractivity contribution in [3.8, 4) is 0 Å². The van der Waals surface area contributed by atoms with Crippen molar-refractivity contribution in [2.75, 3.05) is 0 Å². The van der Waals surface area contributed by atoms with E-state index in [0.717, 1.165) is 6.42 Å². The van der Waals surface area contributed by atoms with E-state index in [1.807, 2.05) is 13.8 Å². The number of aliphatic carboxylic acids is 1. The summed E-state index contributed by atoms with van der Waals surface area (Å²) in [6.07, 6.45) is 3.18. The van der Waals surface area contributed by atoms with Crippen molar-refractivity contribution in [2.24, 2.45) is 11.8 Å². The van der Waals surface area contributed by atoms with Gasteiger partial charge >= 0.3 is 5.97 Å². The molecule has 0 bridgehead atoms. The molecule has 0 heterocycles. The monoisotopic (exact) mass is 204 g/mol.